The number of aromatic nitrogens is 2. The van der Waals surface area contributed by atoms with Crippen LogP contribution in [-0.2, 0) is 0 Å². The number of pyridine rings is 1. The Morgan fingerprint density at radius 2 is 1.88 bits per heavy atom. The van der Waals surface area contributed by atoms with Gasteiger partial charge in [-0.2, -0.15) is 0 Å². The molecule has 1 fully saturated rings. The molecule has 3 heterocycles. The Hall–Kier alpha value is -2.73. The molecule has 1 aromatic carbocycles. The van der Waals surface area contributed by atoms with E-state index in [1.165, 1.54) is 6.07 Å². The number of benzene rings is 1. The van der Waals surface area contributed by atoms with E-state index in [0.29, 0.717) is 10.8 Å². The highest BCUT2D eigenvalue weighted by Gasteiger charge is 2.42. The number of H-pyrrole nitrogens is 1. The van der Waals surface area contributed by atoms with Gasteiger partial charge < -0.3 is 15.2 Å². The van der Waals surface area contributed by atoms with Crippen LogP contribution in [0, 0.1) is 12.7 Å². The van der Waals surface area contributed by atoms with E-state index in [1.807, 2.05) is 48.2 Å². The van der Waals surface area contributed by atoms with E-state index in [4.69, 9.17) is 12.2 Å². The fraction of sp³-hybridized carbons (Fsp3) is 0.158. The zero-order valence-electron chi connectivity index (χ0n) is 13.6. The summed E-state index contributed by atoms with van der Waals surface area (Å²) in [5, 5.41) is 3.80. The maximum atomic E-state index is 14.5. The number of thiocarbonyl (C=S) groups is 1. The first-order chi connectivity index (χ1) is 12.1. The van der Waals surface area contributed by atoms with Crippen molar-refractivity contribution in [3.05, 3.63) is 83.7 Å². The molecule has 0 radical (unpaired) electrons. The smallest absolute Gasteiger partial charge is 0.174 e. The Labute approximate surface area is 150 Å². The van der Waals surface area contributed by atoms with Crippen LogP contribution in [0.1, 0.15) is 29.2 Å². The fourth-order valence-electron chi connectivity index (χ4n) is 3.28. The minimum absolute atomic E-state index is 0.175. The van der Waals surface area contributed by atoms with Gasteiger partial charge in [-0.25, -0.2) is 4.39 Å². The van der Waals surface area contributed by atoms with Crippen molar-refractivity contribution in [1.82, 2.24) is 15.3 Å². The van der Waals surface area contributed by atoms with Crippen LogP contribution in [0.25, 0.3) is 0 Å². The lowest BCUT2D eigenvalue weighted by Gasteiger charge is -2.27. The average molecular weight is 352 g/mol. The first-order valence-corrected chi connectivity index (χ1v) is 8.46. The zero-order chi connectivity index (χ0) is 17.4. The van der Waals surface area contributed by atoms with Crippen LogP contribution in [0.15, 0.2) is 60.8 Å². The summed E-state index contributed by atoms with van der Waals surface area (Å²) in [6.07, 6.45) is 1.75. The van der Waals surface area contributed by atoms with Crippen LogP contribution in [-0.4, -0.2) is 15.1 Å². The average Bonchev–Trinajstić information content (AvgIpc) is 3.19. The molecule has 0 bridgehead atoms. The molecular formula is C19H17FN4S. The highest BCUT2D eigenvalue weighted by molar-refractivity contribution is 7.80. The Morgan fingerprint density at radius 1 is 1.08 bits per heavy atom. The number of anilines is 1. The Morgan fingerprint density at radius 3 is 2.56 bits per heavy atom. The summed E-state index contributed by atoms with van der Waals surface area (Å²) in [5.74, 6) is -0.304. The lowest BCUT2D eigenvalue weighted by Crippen LogP contribution is -2.30. The van der Waals surface area contributed by atoms with E-state index < -0.39 is 0 Å². The van der Waals surface area contributed by atoms with Gasteiger partial charge in [0.05, 0.1) is 17.4 Å². The summed E-state index contributed by atoms with van der Waals surface area (Å²) in [5.41, 5.74) is 3.32. The summed E-state index contributed by atoms with van der Waals surface area (Å²) < 4.78 is 14.5. The monoisotopic (exact) mass is 352 g/mol. The van der Waals surface area contributed by atoms with Gasteiger partial charge in [-0.15, -0.1) is 0 Å². The van der Waals surface area contributed by atoms with Gasteiger partial charge in [0.25, 0.3) is 0 Å². The number of aryl methyl sites for hydroxylation is 1. The van der Waals surface area contributed by atoms with Crippen molar-refractivity contribution in [3.63, 3.8) is 0 Å². The molecule has 0 amide bonds. The van der Waals surface area contributed by atoms with Crippen LogP contribution in [0.5, 0.6) is 0 Å². The van der Waals surface area contributed by atoms with E-state index in [1.54, 1.807) is 18.3 Å². The molecule has 2 atom stereocenters. The number of nitrogens with one attached hydrogen (secondary N) is 2. The number of hydrogen-bond acceptors (Lipinski definition) is 2. The standard InChI is InChI=1S/C19H17FN4S/c1-12-9-10-15(22-12)18-17(14-7-4-5-11-21-14)23-19(25)24(18)16-8-3-2-6-13(16)20/h2-11,17-18,22H,1H3,(H,23,25). The van der Waals surface area contributed by atoms with Gasteiger partial charge in [-0.1, -0.05) is 18.2 Å². The molecule has 1 aliphatic rings. The number of aromatic amines is 1. The van der Waals surface area contributed by atoms with Crippen molar-refractivity contribution < 1.29 is 4.39 Å². The lowest BCUT2D eigenvalue weighted by molar-refractivity contribution is 0.549. The molecule has 0 aliphatic carbocycles. The van der Waals surface area contributed by atoms with Gasteiger partial charge in [0.15, 0.2) is 5.11 Å². The van der Waals surface area contributed by atoms with Gasteiger partial charge in [0.2, 0.25) is 0 Å². The molecule has 2 N–H and O–H groups in total. The first-order valence-electron chi connectivity index (χ1n) is 8.06. The van der Waals surface area contributed by atoms with E-state index in [9.17, 15) is 4.39 Å². The zero-order valence-corrected chi connectivity index (χ0v) is 14.4. The number of halogens is 1. The molecule has 2 unspecified atom stereocenters. The van der Waals surface area contributed by atoms with Crippen LogP contribution in [0.4, 0.5) is 10.1 Å². The second kappa shape index (κ2) is 6.29. The Bertz CT molecular complexity index is 909. The molecule has 4 nitrogen and oxygen atoms in total. The molecule has 1 saturated heterocycles. The summed E-state index contributed by atoms with van der Waals surface area (Å²) in [4.78, 5) is 9.67. The van der Waals surface area contributed by atoms with Gasteiger partial charge in [-0.3, -0.25) is 4.98 Å². The fourth-order valence-corrected chi connectivity index (χ4v) is 3.61. The number of para-hydroxylation sites is 1. The topological polar surface area (TPSA) is 44.0 Å². The second-order valence-corrected chi connectivity index (χ2v) is 6.43. The third-order valence-corrected chi connectivity index (χ3v) is 4.70. The summed E-state index contributed by atoms with van der Waals surface area (Å²) in [6, 6.07) is 16.1. The molecule has 6 heteroatoms. The Kier molecular flexibility index (Phi) is 3.97. The molecular weight excluding hydrogens is 335 g/mol. The molecule has 25 heavy (non-hydrogen) atoms. The summed E-state index contributed by atoms with van der Waals surface area (Å²) in [6.45, 7) is 1.99. The normalized spacial score (nSPS) is 19.9. The minimum atomic E-state index is -0.304. The highest BCUT2D eigenvalue weighted by Crippen LogP contribution is 2.41. The van der Waals surface area contributed by atoms with Gasteiger partial charge >= 0.3 is 0 Å². The number of hydrogen-bond donors (Lipinski definition) is 2. The van der Waals surface area contributed by atoms with Gasteiger partial charge in [0.1, 0.15) is 11.9 Å². The van der Waals surface area contributed by atoms with Crippen molar-refractivity contribution in [2.24, 2.45) is 0 Å². The Balaban J connectivity index is 1.85. The molecule has 1 aliphatic heterocycles. The van der Waals surface area contributed by atoms with Crippen molar-refractivity contribution in [1.29, 1.82) is 0 Å². The second-order valence-electron chi connectivity index (χ2n) is 6.04. The maximum absolute atomic E-state index is 14.5. The third kappa shape index (κ3) is 2.78. The van der Waals surface area contributed by atoms with Crippen molar-refractivity contribution in [2.45, 2.75) is 19.0 Å². The van der Waals surface area contributed by atoms with Crippen LogP contribution in [0.3, 0.4) is 0 Å². The molecule has 4 rings (SSSR count). The number of nitrogens with zero attached hydrogens (tertiary/aromatic N) is 2. The predicted molar refractivity (Wildman–Crippen MR) is 99.9 cm³/mol. The lowest BCUT2D eigenvalue weighted by atomic mass is 10.0. The van der Waals surface area contributed by atoms with E-state index in [2.05, 4.69) is 15.3 Å². The molecule has 126 valence electrons. The van der Waals surface area contributed by atoms with Gasteiger partial charge in [-0.05, 0) is 55.5 Å². The van der Waals surface area contributed by atoms with Crippen molar-refractivity contribution in [3.8, 4) is 0 Å². The number of rotatable bonds is 3. The maximum Gasteiger partial charge on any atom is 0.174 e. The van der Waals surface area contributed by atoms with Crippen LogP contribution in [0.2, 0.25) is 0 Å². The van der Waals surface area contributed by atoms with E-state index in [-0.39, 0.29) is 17.9 Å². The molecule has 0 saturated carbocycles. The van der Waals surface area contributed by atoms with E-state index >= 15 is 0 Å². The quantitative estimate of drug-likeness (QED) is 0.699. The van der Waals surface area contributed by atoms with Crippen molar-refractivity contribution in [2.75, 3.05) is 4.90 Å². The van der Waals surface area contributed by atoms with Crippen LogP contribution >= 0.6 is 12.2 Å². The molecule has 0 spiro atoms. The molecule has 2 aromatic heterocycles. The first kappa shape index (κ1) is 15.8. The summed E-state index contributed by atoms with van der Waals surface area (Å²) >= 11 is 5.55. The summed E-state index contributed by atoms with van der Waals surface area (Å²) in [7, 11) is 0. The SMILES string of the molecule is Cc1ccc(C2C(c3ccccn3)NC(=S)N2c2ccccc2F)[nH]1. The molecule has 3 aromatic rings. The highest BCUT2D eigenvalue weighted by atomic mass is 32.1. The largest absolute Gasteiger partial charge is 0.361 e. The third-order valence-electron chi connectivity index (χ3n) is 4.38. The van der Waals surface area contributed by atoms with Crippen LogP contribution < -0.4 is 10.2 Å². The van der Waals surface area contributed by atoms with E-state index in [0.717, 1.165) is 17.1 Å². The van der Waals surface area contributed by atoms with Gasteiger partial charge in [0, 0.05) is 17.6 Å². The predicted octanol–water partition coefficient (Wildman–Crippen LogP) is 4.03. The minimum Gasteiger partial charge on any atom is -0.361 e. The van der Waals surface area contributed by atoms with Crippen molar-refractivity contribution >= 4 is 23.0 Å².